The quantitative estimate of drug-likeness (QED) is 0.621. The van der Waals surface area contributed by atoms with Crippen LogP contribution in [0.15, 0.2) is 35.5 Å². The highest BCUT2D eigenvalue weighted by Crippen LogP contribution is 2.30. The number of hydrogen-bond acceptors (Lipinski definition) is 7. The molecule has 174 valence electrons. The van der Waals surface area contributed by atoms with Gasteiger partial charge in [-0.2, -0.15) is 21.2 Å². The van der Waals surface area contributed by atoms with Crippen molar-refractivity contribution in [3.05, 3.63) is 36.0 Å². The number of aromatic nitrogens is 2. The number of aryl methyl sites for hydroxylation is 1. The molecule has 0 radical (unpaired) electrons. The molecule has 1 aromatic heterocycles. The van der Waals surface area contributed by atoms with Crippen LogP contribution in [0.1, 0.15) is 17.3 Å². The zero-order valence-electron chi connectivity index (χ0n) is 18.4. The van der Waals surface area contributed by atoms with Gasteiger partial charge in [0.15, 0.2) is 0 Å². The van der Waals surface area contributed by atoms with Gasteiger partial charge in [0, 0.05) is 64.0 Å². The van der Waals surface area contributed by atoms with Crippen LogP contribution in [0.5, 0.6) is 5.75 Å². The highest BCUT2D eigenvalue weighted by molar-refractivity contribution is 7.99. The minimum absolute atomic E-state index is 0.147. The number of ether oxygens (including phenoxy) is 1. The number of thioether (sulfide) groups is 1. The molecule has 1 aromatic carbocycles. The fourth-order valence-electron chi connectivity index (χ4n) is 4.03. The highest BCUT2D eigenvalue weighted by Gasteiger charge is 2.36. The molecule has 2 fully saturated rings. The SMILES string of the molecule is CCOc1ccccc1N1CCN(S(=O)(=O)c2nn(C)cc2C(=O)N2CCSCC2)CC1. The molecule has 3 heterocycles. The minimum Gasteiger partial charge on any atom is -0.492 e. The van der Waals surface area contributed by atoms with Crippen LogP contribution in [0, 0.1) is 0 Å². The largest absolute Gasteiger partial charge is 0.492 e. The van der Waals surface area contributed by atoms with Crippen molar-refractivity contribution >= 4 is 33.4 Å². The fraction of sp³-hybridized carbons (Fsp3) is 0.524. The Morgan fingerprint density at radius 2 is 1.78 bits per heavy atom. The molecule has 4 rings (SSSR count). The zero-order chi connectivity index (χ0) is 22.7. The van der Waals surface area contributed by atoms with E-state index in [1.54, 1.807) is 23.7 Å². The molecule has 32 heavy (non-hydrogen) atoms. The summed E-state index contributed by atoms with van der Waals surface area (Å²) >= 11 is 1.80. The predicted octanol–water partition coefficient (Wildman–Crippen LogP) is 1.52. The molecule has 0 saturated carbocycles. The lowest BCUT2D eigenvalue weighted by Crippen LogP contribution is -2.49. The number of piperazine rings is 1. The van der Waals surface area contributed by atoms with Crippen molar-refractivity contribution in [1.29, 1.82) is 0 Å². The summed E-state index contributed by atoms with van der Waals surface area (Å²) < 4.78 is 35.5. The van der Waals surface area contributed by atoms with Gasteiger partial charge in [-0.05, 0) is 19.1 Å². The van der Waals surface area contributed by atoms with E-state index in [9.17, 15) is 13.2 Å². The van der Waals surface area contributed by atoms with Gasteiger partial charge < -0.3 is 14.5 Å². The van der Waals surface area contributed by atoms with E-state index in [0.29, 0.717) is 45.9 Å². The van der Waals surface area contributed by atoms with Crippen molar-refractivity contribution < 1.29 is 17.9 Å². The van der Waals surface area contributed by atoms with Crippen LogP contribution in [0.2, 0.25) is 0 Å². The number of amides is 1. The molecule has 1 amide bonds. The molecule has 9 nitrogen and oxygen atoms in total. The molecule has 2 aromatic rings. The van der Waals surface area contributed by atoms with Crippen molar-refractivity contribution in [3.8, 4) is 5.75 Å². The lowest BCUT2D eigenvalue weighted by Gasteiger charge is -2.35. The Morgan fingerprint density at radius 1 is 1.09 bits per heavy atom. The monoisotopic (exact) mass is 479 g/mol. The standard InChI is InChI=1S/C21H29N5O4S2/c1-3-30-19-7-5-4-6-18(19)24-8-10-26(11-9-24)32(28,29)20-17(16-23(2)22-20)21(27)25-12-14-31-15-13-25/h4-7,16H,3,8-15H2,1-2H3. The number of carbonyl (C=O) groups excluding carboxylic acids is 1. The summed E-state index contributed by atoms with van der Waals surface area (Å²) in [5.74, 6) is 2.25. The van der Waals surface area contributed by atoms with Gasteiger partial charge in [0.05, 0.1) is 17.9 Å². The Hall–Kier alpha value is -2.24. The summed E-state index contributed by atoms with van der Waals surface area (Å²) in [6.45, 7) is 5.44. The third-order valence-electron chi connectivity index (χ3n) is 5.65. The summed E-state index contributed by atoms with van der Waals surface area (Å²) in [7, 11) is -2.25. The minimum atomic E-state index is -3.89. The van der Waals surface area contributed by atoms with Crippen LogP contribution in [-0.4, -0.2) is 90.7 Å². The van der Waals surface area contributed by atoms with Crippen LogP contribution in [0.3, 0.4) is 0 Å². The molecule has 0 N–H and O–H groups in total. The Balaban J connectivity index is 1.52. The van der Waals surface area contributed by atoms with E-state index in [2.05, 4.69) is 10.00 Å². The van der Waals surface area contributed by atoms with Gasteiger partial charge in [0.25, 0.3) is 15.9 Å². The second kappa shape index (κ2) is 9.72. The van der Waals surface area contributed by atoms with E-state index in [4.69, 9.17) is 4.74 Å². The normalized spacial score (nSPS) is 18.1. The van der Waals surface area contributed by atoms with E-state index >= 15 is 0 Å². The maximum absolute atomic E-state index is 13.5. The number of para-hydroxylation sites is 2. The van der Waals surface area contributed by atoms with Gasteiger partial charge >= 0.3 is 0 Å². The van der Waals surface area contributed by atoms with Gasteiger partial charge in [0.1, 0.15) is 5.75 Å². The van der Waals surface area contributed by atoms with Crippen LogP contribution in [-0.2, 0) is 17.1 Å². The first-order valence-corrected chi connectivity index (χ1v) is 13.4. The Kier molecular flexibility index (Phi) is 6.96. The molecule has 0 aliphatic carbocycles. The number of carbonyl (C=O) groups is 1. The van der Waals surface area contributed by atoms with Gasteiger partial charge in [-0.3, -0.25) is 9.48 Å². The van der Waals surface area contributed by atoms with Crippen LogP contribution < -0.4 is 9.64 Å². The molecule has 0 unspecified atom stereocenters. The van der Waals surface area contributed by atoms with E-state index in [1.165, 1.54) is 15.2 Å². The molecule has 2 saturated heterocycles. The summed E-state index contributed by atoms with van der Waals surface area (Å²) in [5, 5.41) is 4.04. The summed E-state index contributed by atoms with van der Waals surface area (Å²) in [6, 6.07) is 7.79. The van der Waals surface area contributed by atoms with Gasteiger partial charge in [-0.15, -0.1) is 0 Å². The predicted molar refractivity (Wildman–Crippen MR) is 125 cm³/mol. The van der Waals surface area contributed by atoms with Crippen molar-refractivity contribution in [3.63, 3.8) is 0 Å². The maximum Gasteiger partial charge on any atom is 0.263 e. The number of benzene rings is 1. The van der Waals surface area contributed by atoms with Crippen LogP contribution >= 0.6 is 11.8 Å². The van der Waals surface area contributed by atoms with Crippen molar-refractivity contribution in [1.82, 2.24) is 19.0 Å². The Morgan fingerprint density at radius 3 is 2.47 bits per heavy atom. The van der Waals surface area contributed by atoms with Crippen LogP contribution in [0.4, 0.5) is 5.69 Å². The number of hydrogen-bond donors (Lipinski definition) is 0. The maximum atomic E-state index is 13.5. The van der Waals surface area contributed by atoms with E-state index < -0.39 is 10.0 Å². The first kappa shape index (κ1) is 22.9. The number of nitrogens with zero attached hydrogens (tertiary/aromatic N) is 5. The van der Waals surface area contributed by atoms with Gasteiger partial charge in [-0.25, -0.2) is 8.42 Å². The highest BCUT2D eigenvalue weighted by atomic mass is 32.2. The average Bonchev–Trinajstić information content (AvgIpc) is 3.22. The van der Waals surface area contributed by atoms with E-state index in [-0.39, 0.29) is 16.5 Å². The lowest BCUT2D eigenvalue weighted by molar-refractivity contribution is 0.0768. The third-order valence-corrected chi connectivity index (χ3v) is 8.43. The van der Waals surface area contributed by atoms with Crippen molar-refractivity contribution in [2.24, 2.45) is 7.05 Å². The van der Waals surface area contributed by atoms with E-state index in [1.807, 2.05) is 31.2 Å². The zero-order valence-corrected chi connectivity index (χ0v) is 20.1. The number of sulfonamides is 1. The van der Waals surface area contributed by atoms with Crippen molar-refractivity contribution in [2.45, 2.75) is 11.9 Å². The second-order valence-corrected chi connectivity index (χ2v) is 10.8. The average molecular weight is 480 g/mol. The molecular weight excluding hydrogens is 450 g/mol. The number of rotatable bonds is 6. The molecule has 2 aliphatic heterocycles. The summed E-state index contributed by atoms with van der Waals surface area (Å²) in [5.41, 5.74) is 1.12. The lowest BCUT2D eigenvalue weighted by atomic mass is 10.2. The Bertz CT molecular complexity index is 1060. The third kappa shape index (κ3) is 4.60. The fourth-order valence-corrected chi connectivity index (χ4v) is 6.47. The topological polar surface area (TPSA) is 88.0 Å². The van der Waals surface area contributed by atoms with Gasteiger partial charge in [0.2, 0.25) is 5.03 Å². The molecule has 0 bridgehead atoms. The number of anilines is 1. The summed E-state index contributed by atoms with van der Waals surface area (Å²) in [4.78, 5) is 16.9. The molecule has 11 heteroatoms. The van der Waals surface area contributed by atoms with Crippen LogP contribution in [0.25, 0.3) is 0 Å². The Labute approximate surface area is 193 Å². The molecule has 0 atom stereocenters. The van der Waals surface area contributed by atoms with Crippen molar-refractivity contribution in [2.75, 3.05) is 62.3 Å². The van der Waals surface area contributed by atoms with E-state index in [0.717, 1.165) is 22.9 Å². The smallest absolute Gasteiger partial charge is 0.263 e. The molecular formula is C21H29N5O4S2. The second-order valence-electron chi connectivity index (χ2n) is 7.72. The molecule has 2 aliphatic rings. The van der Waals surface area contributed by atoms with Gasteiger partial charge in [-0.1, -0.05) is 12.1 Å². The first-order valence-electron chi connectivity index (χ1n) is 10.8. The first-order chi connectivity index (χ1) is 15.4. The molecule has 0 spiro atoms. The summed E-state index contributed by atoms with van der Waals surface area (Å²) in [6.07, 6.45) is 1.52.